The van der Waals surface area contributed by atoms with Crippen molar-refractivity contribution in [3.63, 3.8) is 0 Å². The molecular weight excluding hydrogens is 295 g/mol. The van der Waals surface area contributed by atoms with Crippen LogP contribution in [0.3, 0.4) is 0 Å². The highest BCUT2D eigenvalue weighted by Crippen LogP contribution is 2.22. The smallest absolute Gasteiger partial charge is 0.292 e. The van der Waals surface area contributed by atoms with Gasteiger partial charge in [-0.1, -0.05) is 12.1 Å². The third-order valence-electron chi connectivity index (χ3n) is 3.42. The lowest BCUT2D eigenvalue weighted by Gasteiger charge is -2.24. The maximum Gasteiger partial charge on any atom is 0.292 e. The summed E-state index contributed by atoms with van der Waals surface area (Å²) in [4.78, 5) is 5.59. The molecule has 122 valence electrons. The molecule has 1 heterocycles. The molecule has 7 nitrogen and oxygen atoms in total. The number of amidine groups is 1. The second kappa shape index (κ2) is 7.01. The molecule has 1 aliphatic heterocycles. The van der Waals surface area contributed by atoms with E-state index in [2.05, 4.69) is 4.99 Å². The lowest BCUT2D eigenvalue weighted by molar-refractivity contribution is -0.106. The van der Waals surface area contributed by atoms with E-state index < -0.39 is 36.8 Å². The van der Waals surface area contributed by atoms with Gasteiger partial charge in [-0.3, -0.25) is 0 Å². The Morgan fingerprint density at radius 2 is 2.05 bits per heavy atom. The van der Waals surface area contributed by atoms with Gasteiger partial charge in [0.1, 0.15) is 35.9 Å². The van der Waals surface area contributed by atoms with E-state index in [1.807, 2.05) is 0 Å². The summed E-state index contributed by atoms with van der Waals surface area (Å²) in [6.07, 6.45) is -5.31. The predicted molar refractivity (Wildman–Crippen MR) is 76.1 cm³/mol. The van der Waals surface area contributed by atoms with E-state index in [0.717, 1.165) is 0 Å². The van der Waals surface area contributed by atoms with Gasteiger partial charge in [-0.15, -0.1) is 0 Å². The van der Waals surface area contributed by atoms with Crippen molar-refractivity contribution < 1.29 is 29.6 Å². The van der Waals surface area contributed by atoms with Crippen LogP contribution in [0.25, 0.3) is 0 Å². The highest BCUT2D eigenvalue weighted by atomic mass is 19.1. The van der Waals surface area contributed by atoms with Gasteiger partial charge >= 0.3 is 0 Å². The molecule has 8 heteroatoms. The molecule has 1 aromatic carbocycles. The minimum absolute atomic E-state index is 0.0930. The van der Waals surface area contributed by atoms with Crippen molar-refractivity contribution in [1.29, 1.82) is 0 Å². The van der Waals surface area contributed by atoms with Gasteiger partial charge in [0, 0.05) is 7.05 Å². The summed E-state index contributed by atoms with van der Waals surface area (Å²) < 4.78 is 19.0. The van der Waals surface area contributed by atoms with Crippen LogP contribution in [0.2, 0.25) is 0 Å². The zero-order valence-electron chi connectivity index (χ0n) is 12.0. The van der Waals surface area contributed by atoms with Gasteiger partial charge < -0.3 is 30.1 Å². The fourth-order valence-corrected chi connectivity index (χ4v) is 2.10. The molecular formula is C14H19FN2O5. The number of hydrogen-bond acceptors (Lipinski definition) is 6. The van der Waals surface area contributed by atoms with Gasteiger partial charge in [-0.25, -0.2) is 4.39 Å². The predicted octanol–water partition coefficient (Wildman–Crippen LogP) is -0.781. The molecule has 22 heavy (non-hydrogen) atoms. The largest absolute Gasteiger partial charge is 0.457 e. The van der Waals surface area contributed by atoms with Gasteiger partial charge in [-0.2, -0.15) is 4.99 Å². The van der Waals surface area contributed by atoms with E-state index >= 15 is 0 Å². The SMILES string of the molecule is CN1CC([C@@H](O)[C@H](O)[C@H](O)CO)OC1=Nc1ccccc1F. The molecule has 0 bridgehead atoms. The number of para-hydroxylation sites is 1. The number of likely N-dealkylation sites (N-methyl/N-ethyl adjacent to an activating group) is 1. The van der Waals surface area contributed by atoms with Gasteiger partial charge in [0.05, 0.1) is 13.2 Å². The standard InChI is InChI=1S/C14H19FN2O5/c1-17-6-11(13(21)12(20)10(19)7-18)22-14(17)16-9-5-3-2-4-8(9)15/h2-5,10-13,18-21H,6-7H2,1H3/t10-,11?,12-,13-/m1/s1. The zero-order chi connectivity index (χ0) is 16.3. The Balaban J connectivity index is 2.11. The van der Waals surface area contributed by atoms with Crippen molar-refractivity contribution in [2.45, 2.75) is 24.4 Å². The molecule has 0 aliphatic carbocycles. The summed E-state index contributed by atoms with van der Waals surface area (Å²) in [7, 11) is 1.64. The quantitative estimate of drug-likeness (QED) is 0.568. The first kappa shape index (κ1) is 16.6. The Morgan fingerprint density at radius 1 is 1.36 bits per heavy atom. The van der Waals surface area contributed by atoms with Gasteiger partial charge in [0.15, 0.2) is 0 Å². The number of ether oxygens (including phenoxy) is 1. The molecule has 2 rings (SSSR count). The average Bonchev–Trinajstić information content (AvgIpc) is 2.88. The Labute approximate surface area is 126 Å². The highest BCUT2D eigenvalue weighted by molar-refractivity contribution is 5.78. The number of halogens is 1. The van der Waals surface area contributed by atoms with Gasteiger partial charge in [0.25, 0.3) is 6.02 Å². The topological polar surface area (TPSA) is 106 Å². The monoisotopic (exact) mass is 314 g/mol. The molecule has 4 N–H and O–H groups in total. The molecule has 0 saturated carbocycles. The molecule has 1 aromatic rings. The Morgan fingerprint density at radius 3 is 2.68 bits per heavy atom. The summed E-state index contributed by atoms with van der Waals surface area (Å²) in [5.74, 6) is -0.508. The molecule has 0 amide bonds. The summed E-state index contributed by atoms with van der Waals surface area (Å²) in [5.41, 5.74) is 0.0930. The molecule has 1 aliphatic rings. The van der Waals surface area contributed by atoms with E-state index in [1.54, 1.807) is 18.0 Å². The fourth-order valence-electron chi connectivity index (χ4n) is 2.10. The van der Waals surface area contributed by atoms with Crippen molar-refractivity contribution in [2.75, 3.05) is 20.2 Å². The van der Waals surface area contributed by atoms with Crippen LogP contribution in [0.4, 0.5) is 10.1 Å². The van der Waals surface area contributed by atoms with E-state index in [0.29, 0.717) is 0 Å². The van der Waals surface area contributed by atoms with Crippen LogP contribution in [-0.2, 0) is 4.74 Å². The number of hydrogen-bond donors (Lipinski definition) is 4. The van der Waals surface area contributed by atoms with E-state index in [1.165, 1.54) is 18.2 Å². The van der Waals surface area contributed by atoms with Crippen molar-refractivity contribution >= 4 is 11.7 Å². The van der Waals surface area contributed by atoms with Crippen LogP contribution in [-0.4, -0.2) is 76.0 Å². The number of aliphatic imine (C=N–C) groups is 1. The molecule has 0 radical (unpaired) electrons. The zero-order valence-corrected chi connectivity index (χ0v) is 12.0. The van der Waals surface area contributed by atoms with Crippen molar-refractivity contribution in [3.8, 4) is 0 Å². The molecule has 1 saturated heterocycles. The highest BCUT2D eigenvalue weighted by Gasteiger charge is 2.38. The summed E-state index contributed by atoms with van der Waals surface area (Å²) in [6.45, 7) is -0.485. The first-order valence-electron chi connectivity index (χ1n) is 6.80. The number of rotatable bonds is 5. The average molecular weight is 314 g/mol. The number of aliphatic hydroxyl groups excluding tert-OH is 4. The van der Waals surface area contributed by atoms with Crippen molar-refractivity contribution in [3.05, 3.63) is 30.1 Å². The van der Waals surface area contributed by atoms with Gasteiger partial charge in [0.2, 0.25) is 0 Å². The van der Waals surface area contributed by atoms with Gasteiger partial charge in [-0.05, 0) is 12.1 Å². The lowest BCUT2D eigenvalue weighted by atomic mass is 10.0. The molecule has 4 atom stereocenters. The number of nitrogens with zero attached hydrogens (tertiary/aromatic N) is 2. The van der Waals surface area contributed by atoms with Crippen LogP contribution < -0.4 is 0 Å². The van der Waals surface area contributed by atoms with Crippen LogP contribution in [0, 0.1) is 5.82 Å². The van der Waals surface area contributed by atoms with E-state index in [-0.39, 0.29) is 18.3 Å². The third-order valence-corrected chi connectivity index (χ3v) is 3.42. The lowest BCUT2D eigenvalue weighted by Crippen LogP contribution is -2.47. The third kappa shape index (κ3) is 3.53. The summed E-state index contributed by atoms with van der Waals surface area (Å²) >= 11 is 0. The fraction of sp³-hybridized carbons (Fsp3) is 0.500. The van der Waals surface area contributed by atoms with Crippen LogP contribution in [0.5, 0.6) is 0 Å². The van der Waals surface area contributed by atoms with Crippen LogP contribution >= 0.6 is 0 Å². The van der Waals surface area contributed by atoms with E-state index in [9.17, 15) is 19.7 Å². The first-order valence-corrected chi connectivity index (χ1v) is 6.80. The normalized spacial score (nSPS) is 24.2. The van der Waals surface area contributed by atoms with Crippen molar-refractivity contribution in [2.24, 2.45) is 4.99 Å². The molecule has 1 unspecified atom stereocenters. The Bertz CT molecular complexity index is 542. The number of benzene rings is 1. The van der Waals surface area contributed by atoms with Crippen molar-refractivity contribution in [1.82, 2.24) is 4.90 Å². The molecule has 1 fully saturated rings. The molecule has 0 spiro atoms. The van der Waals surface area contributed by atoms with E-state index in [4.69, 9.17) is 9.84 Å². The summed E-state index contributed by atoms with van der Waals surface area (Å²) in [5, 5.41) is 37.8. The van der Waals surface area contributed by atoms with Crippen LogP contribution in [0.15, 0.2) is 29.3 Å². The maximum absolute atomic E-state index is 13.6. The Hall–Kier alpha value is -1.74. The second-order valence-corrected chi connectivity index (χ2v) is 5.11. The Kier molecular flexibility index (Phi) is 5.30. The molecule has 0 aromatic heterocycles. The maximum atomic E-state index is 13.6. The first-order chi connectivity index (χ1) is 10.4. The number of aliphatic hydroxyl groups is 4. The minimum atomic E-state index is -1.56. The summed E-state index contributed by atoms with van der Waals surface area (Å²) in [6, 6.07) is 6.01. The minimum Gasteiger partial charge on any atom is -0.457 e. The van der Waals surface area contributed by atoms with Crippen LogP contribution in [0.1, 0.15) is 0 Å². The second-order valence-electron chi connectivity index (χ2n) is 5.11.